The maximum absolute atomic E-state index is 12.8. The molecule has 4 rings (SSSR count). The van der Waals surface area contributed by atoms with Gasteiger partial charge in [-0.25, -0.2) is 4.79 Å². The third-order valence-electron chi connectivity index (χ3n) is 4.92. The molecule has 1 aromatic heterocycles. The zero-order valence-corrected chi connectivity index (χ0v) is 16.6. The Balaban J connectivity index is 1.50. The van der Waals surface area contributed by atoms with Crippen molar-refractivity contribution in [2.45, 2.75) is 13.1 Å². The molecule has 1 aliphatic rings. The van der Waals surface area contributed by atoms with E-state index in [2.05, 4.69) is 10.6 Å². The summed E-state index contributed by atoms with van der Waals surface area (Å²) in [5, 5.41) is 5.19. The van der Waals surface area contributed by atoms with Crippen molar-refractivity contribution in [3.8, 4) is 0 Å². The summed E-state index contributed by atoms with van der Waals surface area (Å²) in [6.07, 6.45) is 1.64. The molecule has 0 atom stereocenters. The van der Waals surface area contributed by atoms with E-state index < -0.39 is 11.9 Å². The van der Waals surface area contributed by atoms with E-state index in [1.54, 1.807) is 36.5 Å². The number of carbonyl (C=O) groups excluding carboxylic acids is 3. The number of nitrogens with zero attached hydrogens (tertiary/aromatic N) is 2. The average molecular weight is 416 g/mol. The minimum Gasteiger partial charge on any atom is -0.329 e. The molecule has 8 heteroatoms. The summed E-state index contributed by atoms with van der Waals surface area (Å²) in [4.78, 5) is 50.1. The van der Waals surface area contributed by atoms with E-state index in [-0.39, 0.29) is 30.1 Å². The summed E-state index contributed by atoms with van der Waals surface area (Å²) in [6, 6.07) is 19.0. The first kappa shape index (κ1) is 20.1. The predicted molar refractivity (Wildman–Crippen MR) is 115 cm³/mol. The molecule has 3 aromatic rings. The molecule has 2 aromatic carbocycles. The van der Waals surface area contributed by atoms with Crippen LogP contribution in [0.25, 0.3) is 0 Å². The van der Waals surface area contributed by atoms with E-state index in [4.69, 9.17) is 0 Å². The fraction of sp³-hybridized carbons (Fsp3) is 0.130. The molecule has 1 saturated heterocycles. The predicted octanol–water partition coefficient (Wildman–Crippen LogP) is 2.20. The van der Waals surface area contributed by atoms with Gasteiger partial charge in [0.05, 0.1) is 19.6 Å². The smallest absolute Gasteiger partial charge is 0.324 e. The minimum atomic E-state index is -0.528. The van der Waals surface area contributed by atoms with E-state index in [0.29, 0.717) is 17.8 Å². The van der Waals surface area contributed by atoms with Crippen LogP contribution in [-0.4, -0.2) is 33.9 Å². The molecule has 2 N–H and O–H groups in total. The maximum Gasteiger partial charge on any atom is 0.324 e. The molecule has 2 heterocycles. The molecule has 156 valence electrons. The van der Waals surface area contributed by atoms with Crippen LogP contribution in [0.5, 0.6) is 0 Å². The summed E-state index contributed by atoms with van der Waals surface area (Å²) < 4.78 is 1.48. The Bertz CT molecular complexity index is 1190. The molecule has 0 saturated carbocycles. The second kappa shape index (κ2) is 8.66. The van der Waals surface area contributed by atoms with E-state index in [9.17, 15) is 19.2 Å². The Morgan fingerprint density at radius 1 is 0.903 bits per heavy atom. The van der Waals surface area contributed by atoms with E-state index >= 15 is 0 Å². The molecule has 0 unspecified atom stereocenters. The van der Waals surface area contributed by atoms with Crippen LogP contribution in [0.15, 0.2) is 77.7 Å². The van der Waals surface area contributed by atoms with Gasteiger partial charge in [0.1, 0.15) is 5.56 Å². The summed E-state index contributed by atoms with van der Waals surface area (Å²) in [7, 11) is 0. The van der Waals surface area contributed by atoms with Gasteiger partial charge in [0, 0.05) is 11.9 Å². The highest BCUT2D eigenvalue weighted by Gasteiger charge is 2.28. The average Bonchev–Trinajstić information content (AvgIpc) is 3.08. The number of benzene rings is 2. The molecule has 4 amide bonds. The Labute approximate surface area is 178 Å². The quantitative estimate of drug-likeness (QED) is 0.602. The zero-order valence-electron chi connectivity index (χ0n) is 16.6. The highest BCUT2D eigenvalue weighted by molar-refractivity contribution is 6.04. The third-order valence-corrected chi connectivity index (χ3v) is 4.92. The van der Waals surface area contributed by atoms with Crippen molar-refractivity contribution in [3.05, 3.63) is 100.0 Å². The van der Waals surface area contributed by atoms with Gasteiger partial charge in [-0.2, -0.15) is 0 Å². The van der Waals surface area contributed by atoms with Crippen molar-refractivity contribution >= 4 is 23.5 Å². The molecule has 31 heavy (non-hydrogen) atoms. The van der Waals surface area contributed by atoms with Crippen LogP contribution < -0.4 is 16.2 Å². The zero-order chi connectivity index (χ0) is 21.8. The molecule has 0 aliphatic carbocycles. The van der Waals surface area contributed by atoms with Gasteiger partial charge in [0.2, 0.25) is 5.91 Å². The maximum atomic E-state index is 12.8. The second-order valence-corrected chi connectivity index (χ2v) is 7.13. The first-order chi connectivity index (χ1) is 15.0. The summed E-state index contributed by atoms with van der Waals surface area (Å²) in [5.74, 6) is -0.831. The van der Waals surface area contributed by atoms with Gasteiger partial charge in [-0.05, 0) is 35.4 Å². The van der Waals surface area contributed by atoms with E-state index in [0.717, 1.165) is 10.5 Å². The number of urea groups is 1. The first-order valence-corrected chi connectivity index (χ1v) is 9.73. The minimum absolute atomic E-state index is 0.0154. The van der Waals surface area contributed by atoms with Crippen LogP contribution in [0.4, 0.5) is 10.5 Å². The van der Waals surface area contributed by atoms with Crippen molar-refractivity contribution in [1.82, 2.24) is 14.8 Å². The SMILES string of the molecule is O=C(Nc1cccc(CN2C(=O)CNC2=O)c1)c1cccn(Cc2ccccc2)c1=O. The second-order valence-electron chi connectivity index (χ2n) is 7.13. The van der Waals surface area contributed by atoms with Gasteiger partial charge in [-0.15, -0.1) is 0 Å². The largest absolute Gasteiger partial charge is 0.329 e. The number of carbonyl (C=O) groups is 3. The number of rotatable bonds is 6. The molecule has 1 fully saturated rings. The van der Waals surface area contributed by atoms with E-state index in [1.165, 1.54) is 10.6 Å². The number of imide groups is 1. The van der Waals surface area contributed by atoms with Crippen LogP contribution >= 0.6 is 0 Å². The summed E-state index contributed by atoms with van der Waals surface area (Å²) in [6.45, 7) is 0.449. The monoisotopic (exact) mass is 416 g/mol. The fourth-order valence-corrected chi connectivity index (χ4v) is 3.36. The van der Waals surface area contributed by atoms with Crippen molar-refractivity contribution in [2.75, 3.05) is 11.9 Å². The lowest BCUT2D eigenvalue weighted by atomic mass is 10.1. The molecule has 0 spiro atoms. The van der Waals surface area contributed by atoms with Gasteiger partial charge in [-0.3, -0.25) is 19.3 Å². The van der Waals surface area contributed by atoms with Gasteiger partial charge in [-0.1, -0.05) is 42.5 Å². The fourth-order valence-electron chi connectivity index (χ4n) is 3.36. The van der Waals surface area contributed by atoms with Crippen LogP contribution in [0.2, 0.25) is 0 Å². The lowest BCUT2D eigenvalue weighted by Crippen LogP contribution is -2.30. The Hall–Kier alpha value is -4.20. The van der Waals surface area contributed by atoms with Crippen molar-refractivity contribution < 1.29 is 14.4 Å². The lowest BCUT2D eigenvalue weighted by molar-refractivity contribution is -0.125. The highest BCUT2D eigenvalue weighted by Crippen LogP contribution is 2.15. The summed E-state index contributed by atoms with van der Waals surface area (Å²) >= 11 is 0. The topological polar surface area (TPSA) is 101 Å². The van der Waals surface area contributed by atoms with Crippen LogP contribution in [0.1, 0.15) is 21.5 Å². The van der Waals surface area contributed by atoms with Gasteiger partial charge in [0.15, 0.2) is 0 Å². The molecule has 8 nitrogen and oxygen atoms in total. The molecular weight excluding hydrogens is 396 g/mol. The standard InChI is InChI=1S/C23H20N4O4/c28-20-13-24-23(31)27(20)15-17-8-4-9-18(12-17)25-21(29)19-10-5-11-26(22(19)30)14-16-6-2-1-3-7-16/h1-12H,13-15H2,(H,24,31)(H,25,29). The number of hydrogen-bond donors (Lipinski definition) is 2. The number of nitrogens with one attached hydrogen (secondary N) is 2. The number of hydrogen-bond acceptors (Lipinski definition) is 4. The summed E-state index contributed by atoms with van der Waals surface area (Å²) in [5.41, 5.74) is 1.73. The van der Waals surface area contributed by atoms with Crippen LogP contribution in [0, 0.1) is 0 Å². The third kappa shape index (κ3) is 4.53. The Morgan fingerprint density at radius 2 is 1.68 bits per heavy atom. The molecule has 0 radical (unpaired) electrons. The van der Waals surface area contributed by atoms with E-state index in [1.807, 2.05) is 30.3 Å². The highest BCUT2D eigenvalue weighted by atomic mass is 16.2. The van der Waals surface area contributed by atoms with Gasteiger partial charge >= 0.3 is 6.03 Å². The van der Waals surface area contributed by atoms with Gasteiger partial charge < -0.3 is 15.2 Å². The first-order valence-electron chi connectivity index (χ1n) is 9.73. The molecule has 1 aliphatic heterocycles. The number of anilines is 1. The van der Waals surface area contributed by atoms with Crippen LogP contribution in [0.3, 0.4) is 0 Å². The van der Waals surface area contributed by atoms with Crippen molar-refractivity contribution in [3.63, 3.8) is 0 Å². The number of aromatic nitrogens is 1. The Kier molecular flexibility index (Phi) is 5.61. The molecular formula is C23H20N4O4. The number of amides is 4. The van der Waals surface area contributed by atoms with Gasteiger partial charge in [0.25, 0.3) is 11.5 Å². The molecule has 0 bridgehead atoms. The lowest BCUT2D eigenvalue weighted by Gasteiger charge is -2.13. The normalized spacial score (nSPS) is 13.2. The Morgan fingerprint density at radius 3 is 2.42 bits per heavy atom. The van der Waals surface area contributed by atoms with Crippen LogP contribution in [-0.2, 0) is 17.9 Å². The number of pyridine rings is 1. The van der Waals surface area contributed by atoms with Crippen molar-refractivity contribution in [2.24, 2.45) is 0 Å². The van der Waals surface area contributed by atoms with Crippen molar-refractivity contribution in [1.29, 1.82) is 0 Å².